The van der Waals surface area contributed by atoms with Crippen molar-refractivity contribution in [3.05, 3.63) is 0 Å². The van der Waals surface area contributed by atoms with Crippen LogP contribution in [0.2, 0.25) is 0 Å². The zero-order valence-corrected chi connectivity index (χ0v) is 18.9. The average molecular weight is 405 g/mol. The average Bonchev–Trinajstić information content (AvgIpc) is 3.15. The van der Waals surface area contributed by atoms with Crippen LogP contribution in [0.5, 0.6) is 0 Å². The largest absolute Gasteiger partial charge is 0.315 e. The first-order valence-corrected chi connectivity index (χ1v) is 13.9. The molecule has 0 aromatic heterocycles. The zero-order chi connectivity index (χ0) is 18.8. The Hall–Kier alpha value is 0.270. The molecule has 4 aliphatic carbocycles. The molecule has 0 amide bonds. The van der Waals surface area contributed by atoms with Gasteiger partial charge in [0.1, 0.15) is 0 Å². The molecule has 6 unspecified atom stereocenters. The van der Waals surface area contributed by atoms with Gasteiger partial charge >= 0.3 is 0 Å². The maximum absolute atomic E-state index is 3.93. The second-order valence-corrected chi connectivity index (χ2v) is 12.3. The molecular weight excluding hydrogens is 360 g/mol. The van der Waals surface area contributed by atoms with E-state index in [4.69, 9.17) is 0 Å². The summed E-state index contributed by atoms with van der Waals surface area (Å²) in [6, 6.07) is 0.801. The lowest BCUT2D eigenvalue weighted by molar-refractivity contribution is 0.110. The van der Waals surface area contributed by atoms with E-state index in [2.05, 4.69) is 22.0 Å². The van der Waals surface area contributed by atoms with Crippen LogP contribution in [-0.2, 0) is 0 Å². The summed E-state index contributed by atoms with van der Waals surface area (Å²) in [6.45, 7) is 2.55. The summed E-state index contributed by atoms with van der Waals surface area (Å²) in [5.41, 5.74) is 0. The highest BCUT2D eigenvalue weighted by atomic mass is 32.2. The van der Waals surface area contributed by atoms with E-state index in [0.717, 1.165) is 46.8 Å². The van der Waals surface area contributed by atoms with Crippen molar-refractivity contribution in [2.24, 2.45) is 35.5 Å². The second-order valence-electron chi connectivity index (χ2n) is 11.2. The Morgan fingerprint density at radius 3 is 2.07 bits per heavy atom. The molecule has 0 spiro atoms. The third-order valence-corrected chi connectivity index (χ3v) is 10.7. The van der Waals surface area contributed by atoms with Crippen LogP contribution in [0.15, 0.2) is 0 Å². The van der Waals surface area contributed by atoms with Crippen LogP contribution in [0, 0.1) is 35.5 Å². The third kappa shape index (κ3) is 4.62. The fraction of sp³-hybridized carbons (Fsp3) is 1.00. The minimum Gasteiger partial charge on any atom is -0.315 e. The van der Waals surface area contributed by atoms with E-state index in [1.54, 1.807) is 19.3 Å². The lowest BCUT2D eigenvalue weighted by atomic mass is 9.66. The molecule has 4 saturated carbocycles. The normalized spacial score (nSPS) is 48.0. The maximum atomic E-state index is 3.93. The summed E-state index contributed by atoms with van der Waals surface area (Å²) < 4.78 is 3.93. The Bertz CT molecular complexity index is 489. The number of rotatable bonds is 0. The topological polar surface area (TPSA) is 24.1 Å². The van der Waals surface area contributed by atoms with Gasteiger partial charge in [-0.1, -0.05) is 82.6 Å². The van der Waals surface area contributed by atoms with Crippen molar-refractivity contribution in [1.29, 1.82) is 0 Å². The number of fused-ring (bicyclic) bond motifs is 7. The molecule has 160 valence electrons. The van der Waals surface area contributed by atoms with Gasteiger partial charge in [-0.25, -0.2) is 0 Å². The number of hydrogen-bond acceptors (Lipinski definition) is 3. The van der Waals surface area contributed by atoms with E-state index in [1.165, 1.54) is 90.1 Å². The van der Waals surface area contributed by atoms with Crippen LogP contribution in [0.1, 0.15) is 96.3 Å². The first-order valence-electron chi connectivity index (χ1n) is 13.0. The van der Waals surface area contributed by atoms with Gasteiger partial charge in [-0.2, -0.15) is 0 Å². The molecule has 0 aromatic carbocycles. The van der Waals surface area contributed by atoms with E-state index >= 15 is 0 Å². The predicted molar refractivity (Wildman–Crippen MR) is 121 cm³/mol. The summed E-state index contributed by atoms with van der Waals surface area (Å²) in [5.74, 6) is 6.09. The van der Waals surface area contributed by atoms with Crippen LogP contribution in [0.25, 0.3) is 0 Å². The smallest absolute Gasteiger partial charge is 0.0364 e. The molecule has 6 fully saturated rings. The molecule has 2 aliphatic heterocycles. The van der Waals surface area contributed by atoms with Crippen LogP contribution in [0.4, 0.5) is 0 Å². The van der Waals surface area contributed by atoms with Crippen molar-refractivity contribution in [3.8, 4) is 0 Å². The van der Waals surface area contributed by atoms with E-state index in [9.17, 15) is 0 Å². The first-order chi connectivity index (χ1) is 13.9. The number of nitrogens with one attached hydrogen (secondary N) is 2. The Morgan fingerprint density at radius 1 is 0.607 bits per heavy atom. The molecule has 2 saturated heterocycles. The first kappa shape index (κ1) is 20.2. The van der Waals surface area contributed by atoms with Gasteiger partial charge in [0.05, 0.1) is 0 Å². The Balaban J connectivity index is 1.28. The van der Waals surface area contributed by atoms with Crippen LogP contribution in [-0.4, -0.2) is 24.4 Å². The predicted octanol–water partition coefficient (Wildman–Crippen LogP) is 6.17. The maximum Gasteiger partial charge on any atom is 0.0364 e. The lowest BCUT2D eigenvalue weighted by Crippen LogP contribution is -2.50. The molecule has 6 aliphatic rings. The fourth-order valence-electron chi connectivity index (χ4n) is 7.93. The number of piperidine rings is 1. The van der Waals surface area contributed by atoms with Gasteiger partial charge in [0.2, 0.25) is 0 Å². The highest BCUT2D eigenvalue weighted by Crippen LogP contribution is 2.46. The summed E-state index contributed by atoms with van der Waals surface area (Å²) in [4.78, 5) is 0. The summed E-state index contributed by atoms with van der Waals surface area (Å²) in [6.07, 6.45) is 22.9. The summed E-state index contributed by atoms with van der Waals surface area (Å²) in [7, 11) is 0. The standard InChI is InChI=1S/C25H44N2S/c1-2-6-19-7-3-8-20(15-19)9-4-10-23-25-22(16-26-17-24(25)28-27-23)21-13-11-18(5-1)12-14-21/h18-27H,1-17H2. The van der Waals surface area contributed by atoms with Crippen molar-refractivity contribution in [2.75, 3.05) is 13.1 Å². The zero-order valence-electron chi connectivity index (χ0n) is 18.0. The van der Waals surface area contributed by atoms with Crippen molar-refractivity contribution >= 4 is 11.9 Å². The lowest BCUT2D eigenvalue weighted by Gasteiger charge is -2.43. The third-order valence-electron chi connectivity index (χ3n) is 9.48. The van der Waals surface area contributed by atoms with E-state index in [1.807, 2.05) is 0 Å². The van der Waals surface area contributed by atoms with Crippen LogP contribution < -0.4 is 10.0 Å². The van der Waals surface area contributed by atoms with Gasteiger partial charge in [0, 0.05) is 17.8 Å². The van der Waals surface area contributed by atoms with Crippen molar-refractivity contribution in [3.63, 3.8) is 0 Å². The molecule has 6 rings (SSSR count). The molecule has 3 heteroatoms. The van der Waals surface area contributed by atoms with Crippen molar-refractivity contribution in [1.82, 2.24) is 10.0 Å². The quantitative estimate of drug-likeness (QED) is 0.472. The molecule has 2 nitrogen and oxygen atoms in total. The summed E-state index contributed by atoms with van der Waals surface area (Å²) in [5, 5.41) is 4.66. The van der Waals surface area contributed by atoms with E-state index in [-0.39, 0.29) is 0 Å². The van der Waals surface area contributed by atoms with Gasteiger partial charge in [0.25, 0.3) is 0 Å². The monoisotopic (exact) mass is 404 g/mol. The molecule has 6 atom stereocenters. The Labute approximate surface area is 178 Å². The van der Waals surface area contributed by atoms with Gasteiger partial charge in [-0.3, -0.25) is 4.72 Å². The fourth-order valence-corrected chi connectivity index (χ4v) is 9.30. The van der Waals surface area contributed by atoms with Gasteiger partial charge < -0.3 is 5.32 Å². The van der Waals surface area contributed by atoms with E-state index in [0.29, 0.717) is 0 Å². The molecule has 28 heavy (non-hydrogen) atoms. The Morgan fingerprint density at radius 2 is 1.29 bits per heavy atom. The highest BCUT2D eigenvalue weighted by molar-refractivity contribution is 7.98. The van der Waals surface area contributed by atoms with Crippen molar-refractivity contribution < 1.29 is 0 Å². The van der Waals surface area contributed by atoms with Crippen LogP contribution >= 0.6 is 11.9 Å². The second kappa shape index (κ2) is 9.60. The molecule has 0 aromatic rings. The molecule has 2 N–H and O–H groups in total. The minimum atomic E-state index is 0.801. The molecule has 4 bridgehead atoms. The molecule has 0 radical (unpaired) electrons. The van der Waals surface area contributed by atoms with Crippen molar-refractivity contribution in [2.45, 2.75) is 108 Å². The highest BCUT2D eigenvalue weighted by Gasteiger charge is 2.46. The SMILES string of the molecule is C1CCC2CCCC(CCCC3NSC4CNCC(C5CCC(C1)CC5)C34)C2. The van der Waals surface area contributed by atoms with E-state index < -0.39 is 0 Å². The Kier molecular flexibility index (Phi) is 6.92. The molecule has 2 heterocycles. The van der Waals surface area contributed by atoms with Crippen LogP contribution in [0.3, 0.4) is 0 Å². The summed E-state index contributed by atoms with van der Waals surface area (Å²) >= 11 is 2.09. The number of hydrogen-bond donors (Lipinski definition) is 2. The van der Waals surface area contributed by atoms with Gasteiger partial charge in [-0.15, -0.1) is 0 Å². The minimum absolute atomic E-state index is 0.801. The molecular formula is C25H44N2S. The van der Waals surface area contributed by atoms with Gasteiger partial charge in [-0.05, 0) is 67.7 Å². The van der Waals surface area contributed by atoms with Gasteiger partial charge in [0.15, 0.2) is 0 Å².